The lowest BCUT2D eigenvalue weighted by Gasteiger charge is -2.10. The number of para-hydroxylation sites is 1. The fourth-order valence-electron chi connectivity index (χ4n) is 3.52. The van der Waals surface area contributed by atoms with Crippen LogP contribution in [0.15, 0.2) is 72.7 Å². The van der Waals surface area contributed by atoms with Crippen LogP contribution >= 0.6 is 11.6 Å². The van der Waals surface area contributed by atoms with E-state index in [9.17, 15) is 9.59 Å². The van der Waals surface area contributed by atoms with Crippen LogP contribution in [-0.2, 0) is 11.2 Å². The lowest BCUT2D eigenvalue weighted by atomic mass is 10.0. The Morgan fingerprint density at radius 1 is 1.06 bits per heavy atom. The van der Waals surface area contributed by atoms with Gasteiger partial charge in [0, 0.05) is 34.9 Å². The van der Waals surface area contributed by atoms with Gasteiger partial charge in [-0.15, -0.1) is 0 Å². The third-order valence-electron chi connectivity index (χ3n) is 5.06. The fourth-order valence-corrected chi connectivity index (χ4v) is 3.68. The molecule has 0 saturated carbocycles. The van der Waals surface area contributed by atoms with E-state index in [1.54, 1.807) is 25.1 Å². The number of furan rings is 1. The summed E-state index contributed by atoms with van der Waals surface area (Å²) in [5.41, 5.74) is 1.79. The second kappa shape index (κ2) is 8.01. The molecular formula is C24H16ClNO6. The van der Waals surface area contributed by atoms with E-state index in [0.29, 0.717) is 51.4 Å². The molecule has 0 unspecified atom stereocenters. The number of carbonyl (C=O) groups excluding carboxylic acids is 1. The van der Waals surface area contributed by atoms with Gasteiger partial charge in [0.05, 0.1) is 6.42 Å². The van der Waals surface area contributed by atoms with Crippen LogP contribution in [0.3, 0.4) is 0 Å². The Balaban J connectivity index is 1.49. The van der Waals surface area contributed by atoms with Crippen molar-refractivity contribution >= 4 is 39.5 Å². The van der Waals surface area contributed by atoms with E-state index in [1.165, 1.54) is 6.07 Å². The van der Waals surface area contributed by atoms with Crippen LogP contribution in [0.1, 0.15) is 17.7 Å². The number of aryl methyl sites for hydroxylation is 2. The first kappa shape index (κ1) is 20.1. The average molecular weight is 450 g/mol. The highest BCUT2D eigenvalue weighted by Crippen LogP contribution is 2.35. The van der Waals surface area contributed by atoms with Crippen LogP contribution in [0, 0.1) is 6.92 Å². The van der Waals surface area contributed by atoms with Crippen LogP contribution < -0.4 is 10.4 Å². The maximum atomic E-state index is 12.4. The van der Waals surface area contributed by atoms with Crippen LogP contribution in [0.5, 0.6) is 5.75 Å². The predicted octanol–water partition coefficient (Wildman–Crippen LogP) is 5.69. The molecule has 0 amide bonds. The number of aromatic nitrogens is 1. The standard InChI is InChI=1S/C24H16ClNO6/c1-13-8-20-16(11-19(13)30-23(27)7-6-15-10-22(25)26-32-15)17(12-24(28)31-20)21-9-14-4-2-3-5-18(14)29-21/h2-5,8-12H,6-7H2,1H3. The van der Waals surface area contributed by atoms with Crippen LogP contribution in [0.4, 0.5) is 0 Å². The van der Waals surface area contributed by atoms with Gasteiger partial charge in [-0.2, -0.15) is 0 Å². The maximum absolute atomic E-state index is 12.4. The highest BCUT2D eigenvalue weighted by atomic mass is 35.5. The van der Waals surface area contributed by atoms with Gasteiger partial charge in [-0.3, -0.25) is 4.79 Å². The van der Waals surface area contributed by atoms with Crippen molar-refractivity contribution in [3.8, 4) is 17.1 Å². The summed E-state index contributed by atoms with van der Waals surface area (Å²) in [5, 5.41) is 5.32. The zero-order valence-electron chi connectivity index (χ0n) is 16.9. The Hall–Kier alpha value is -3.84. The number of rotatable bonds is 5. The van der Waals surface area contributed by atoms with Crippen molar-refractivity contribution in [2.24, 2.45) is 0 Å². The minimum absolute atomic E-state index is 0.0866. The van der Waals surface area contributed by atoms with Gasteiger partial charge in [-0.05, 0) is 36.8 Å². The Kier molecular flexibility index (Phi) is 5.03. The molecule has 0 spiro atoms. The van der Waals surface area contributed by atoms with Crippen LogP contribution in [0.25, 0.3) is 33.3 Å². The number of halogens is 1. The SMILES string of the molecule is Cc1cc2oc(=O)cc(-c3cc4ccccc4o3)c2cc1OC(=O)CCc1cc(Cl)no1. The lowest BCUT2D eigenvalue weighted by molar-refractivity contribution is -0.134. The van der Waals surface area contributed by atoms with E-state index < -0.39 is 11.6 Å². The van der Waals surface area contributed by atoms with Gasteiger partial charge in [-0.25, -0.2) is 4.79 Å². The summed E-state index contributed by atoms with van der Waals surface area (Å²) in [6.45, 7) is 1.77. The van der Waals surface area contributed by atoms with Crippen molar-refractivity contribution in [3.63, 3.8) is 0 Å². The first-order valence-corrected chi connectivity index (χ1v) is 10.2. The van der Waals surface area contributed by atoms with Gasteiger partial charge < -0.3 is 18.1 Å². The molecule has 2 aromatic carbocycles. The number of ether oxygens (including phenoxy) is 1. The van der Waals surface area contributed by atoms with Gasteiger partial charge in [0.2, 0.25) is 0 Å². The predicted molar refractivity (Wildman–Crippen MR) is 118 cm³/mol. The number of esters is 1. The summed E-state index contributed by atoms with van der Waals surface area (Å²) in [5.74, 6) is 0.940. The van der Waals surface area contributed by atoms with E-state index >= 15 is 0 Å². The molecule has 0 N–H and O–H groups in total. The Morgan fingerprint density at radius 3 is 2.69 bits per heavy atom. The molecule has 0 aliphatic rings. The molecule has 3 aromatic heterocycles. The fraction of sp³-hybridized carbons (Fsp3) is 0.125. The number of fused-ring (bicyclic) bond motifs is 2. The van der Waals surface area contributed by atoms with E-state index in [2.05, 4.69) is 5.16 Å². The van der Waals surface area contributed by atoms with E-state index in [1.807, 2.05) is 30.3 Å². The molecule has 5 aromatic rings. The minimum Gasteiger partial charge on any atom is -0.456 e. The molecular weight excluding hydrogens is 434 g/mol. The zero-order chi connectivity index (χ0) is 22.2. The second-order valence-corrected chi connectivity index (χ2v) is 7.72. The van der Waals surface area contributed by atoms with Gasteiger partial charge in [-0.1, -0.05) is 35.0 Å². The number of benzene rings is 2. The number of nitrogens with zero attached hydrogens (tertiary/aromatic N) is 1. The van der Waals surface area contributed by atoms with Crippen molar-refractivity contribution in [1.82, 2.24) is 5.16 Å². The molecule has 7 nitrogen and oxygen atoms in total. The third-order valence-corrected chi connectivity index (χ3v) is 5.24. The molecule has 0 aliphatic carbocycles. The molecule has 3 heterocycles. The quantitative estimate of drug-likeness (QED) is 0.193. The Labute approximate surface area is 186 Å². The van der Waals surface area contributed by atoms with Crippen molar-refractivity contribution in [3.05, 3.63) is 81.5 Å². The molecule has 0 aliphatic heterocycles. The molecule has 5 rings (SSSR count). The molecule has 0 saturated heterocycles. The van der Waals surface area contributed by atoms with E-state index in [4.69, 9.17) is 29.7 Å². The first-order chi connectivity index (χ1) is 15.5. The highest BCUT2D eigenvalue weighted by molar-refractivity contribution is 6.29. The summed E-state index contributed by atoms with van der Waals surface area (Å²) < 4.78 is 21.9. The summed E-state index contributed by atoms with van der Waals surface area (Å²) in [6, 6.07) is 15.7. The van der Waals surface area contributed by atoms with Crippen LogP contribution in [0.2, 0.25) is 5.15 Å². The zero-order valence-corrected chi connectivity index (χ0v) is 17.6. The smallest absolute Gasteiger partial charge is 0.336 e. The molecule has 8 heteroatoms. The summed E-state index contributed by atoms with van der Waals surface area (Å²) in [7, 11) is 0. The topological polar surface area (TPSA) is 95.7 Å². The first-order valence-electron chi connectivity index (χ1n) is 9.85. The van der Waals surface area contributed by atoms with Crippen molar-refractivity contribution in [2.75, 3.05) is 0 Å². The highest BCUT2D eigenvalue weighted by Gasteiger charge is 2.17. The second-order valence-electron chi connectivity index (χ2n) is 7.33. The van der Waals surface area contributed by atoms with E-state index in [0.717, 1.165) is 5.39 Å². The Bertz CT molecular complexity index is 1490. The molecule has 0 fully saturated rings. The van der Waals surface area contributed by atoms with Gasteiger partial charge in [0.15, 0.2) is 5.15 Å². The largest absolute Gasteiger partial charge is 0.456 e. The molecule has 0 bridgehead atoms. The Morgan fingerprint density at radius 2 is 1.91 bits per heavy atom. The molecule has 0 atom stereocenters. The number of carbonyl (C=O) groups is 1. The minimum atomic E-state index is -0.497. The summed E-state index contributed by atoms with van der Waals surface area (Å²) in [6.07, 6.45) is 0.396. The average Bonchev–Trinajstić information content (AvgIpc) is 3.38. The number of hydrogen-bond acceptors (Lipinski definition) is 7. The van der Waals surface area contributed by atoms with Gasteiger partial charge in [0.25, 0.3) is 0 Å². The third kappa shape index (κ3) is 3.90. The molecule has 160 valence electrons. The van der Waals surface area contributed by atoms with Crippen LogP contribution in [-0.4, -0.2) is 11.1 Å². The molecule has 32 heavy (non-hydrogen) atoms. The summed E-state index contributed by atoms with van der Waals surface area (Å²) in [4.78, 5) is 24.6. The maximum Gasteiger partial charge on any atom is 0.336 e. The van der Waals surface area contributed by atoms with Crippen molar-refractivity contribution in [1.29, 1.82) is 0 Å². The van der Waals surface area contributed by atoms with Gasteiger partial charge >= 0.3 is 11.6 Å². The van der Waals surface area contributed by atoms with E-state index in [-0.39, 0.29) is 11.6 Å². The van der Waals surface area contributed by atoms with Crippen molar-refractivity contribution < 1.29 is 22.9 Å². The normalized spacial score (nSPS) is 11.3. The monoisotopic (exact) mass is 449 g/mol. The molecule has 0 radical (unpaired) electrons. The van der Waals surface area contributed by atoms with Gasteiger partial charge in [0.1, 0.15) is 28.4 Å². The lowest BCUT2D eigenvalue weighted by Crippen LogP contribution is -2.10. The van der Waals surface area contributed by atoms with Crippen molar-refractivity contribution in [2.45, 2.75) is 19.8 Å². The summed E-state index contributed by atoms with van der Waals surface area (Å²) >= 11 is 5.72. The number of hydrogen-bond donors (Lipinski definition) is 0.